The summed E-state index contributed by atoms with van der Waals surface area (Å²) in [6.45, 7) is 2.84. The zero-order chi connectivity index (χ0) is 14.8. The van der Waals surface area contributed by atoms with E-state index in [1.54, 1.807) is 18.2 Å². The van der Waals surface area contributed by atoms with Crippen LogP contribution in [-0.4, -0.2) is 16.5 Å². The van der Waals surface area contributed by atoms with Crippen molar-refractivity contribution in [3.8, 4) is 0 Å². The van der Waals surface area contributed by atoms with E-state index in [4.69, 9.17) is 11.6 Å². The third-order valence-corrected chi connectivity index (χ3v) is 4.61. The molecule has 1 aliphatic rings. The van der Waals surface area contributed by atoms with Crippen molar-refractivity contribution in [1.29, 1.82) is 0 Å². The summed E-state index contributed by atoms with van der Waals surface area (Å²) in [6.07, 6.45) is 0.350. The van der Waals surface area contributed by atoms with E-state index in [0.717, 1.165) is 29.6 Å². The number of nitrogens with one attached hydrogen (secondary N) is 1. The number of nitrogens with zero attached hydrogens (tertiary/aromatic N) is 2. The number of hydrogen-bond donors (Lipinski definition) is 1. The number of halogens is 2. The molecule has 0 saturated heterocycles. The van der Waals surface area contributed by atoms with Gasteiger partial charge >= 0.3 is 0 Å². The van der Waals surface area contributed by atoms with Gasteiger partial charge in [-0.25, -0.2) is 14.4 Å². The second-order valence-corrected chi connectivity index (χ2v) is 6.22. The lowest BCUT2D eigenvalue weighted by Gasteiger charge is -2.11. The standard InChI is InChI=1S/C15H15ClFN3S/c1-2-18-15-10-7-21-8-12(10)19-13(20-15)6-9-4-3-5-11(16)14(9)17/h3-5H,2,6-8H2,1H3,(H,18,19,20). The van der Waals surface area contributed by atoms with Crippen LogP contribution < -0.4 is 5.32 Å². The van der Waals surface area contributed by atoms with Gasteiger partial charge in [0.1, 0.15) is 17.5 Å². The van der Waals surface area contributed by atoms with E-state index in [0.29, 0.717) is 17.8 Å². The molecule has 3 rings (SSSR count). The molecule has 0 fully saturated rings. The second-order valence-electron chi connectivity index (χ2n) is 4.83. The Bertz CT molecular complexity index is 678. The van der Waals surface area contributed by atoms with Crippen LogP contribution in [0.2, 0.25) is 5.02 Å². The van der Waals surface area contributed by atoms with Crippen molar-refractivity contribution in [2.75, 3.05) is 11.9 Å². The largest absolute Gasteiger partial charge is 0.370 e. The summed E-state index contributed by atoms with van der Waals surface area (Å²) in [4.78, 5) is 9.14. The molecule has 1 N–H and O–H groups in total. The van der Waals surface area contributed by atoms with Gasteiger partial charge < -0.3 is 5.32 Å². The van der Waals surface area contributed by atoms with Gasteiger partial charge in [0.15, 0.2) is 0 Å². The van der Waals surface area contributed by atoms with E-state index in [1.807, 2.05) is 18.7 Å². The lowest BCUT2D eigenvalue weighted by Crippen LogP contribution is -2.09. The van der Waals surface area contributed by atoms with E-state index in [-0.39, 0.29) is 10.8 Å². The van der Waals surface area contributed by atoms with Crippen molar-refractivity contribution in [2.24, 2.45) is 0 Å². The Kier molecular flexibility index (Phi) is 4.31. The Labute approximate surface area is 132 Å². The average Bonchev–Trinajstić information content (AvgIpc) is 2.93. The van der Waals surface area contributed by atoms with Gasteiger partial charge in [-0.15, -0.1) is 0 Å². The molecule has 1 aromatic carbocycles. The SMILES string of the molecule is CCNc1nc(Cc2cccc(Cl)c2F)nc2c1CSC2. The highest BCUT2D eigenvalue weighted by Crippen LogP contribution is 2.33. The van der Waals surface area contributed by atoms with E-state index in [9.17, 15) is 4.39 Å². The van der Waals surface area contributed by atoms with E-state index >= 15 is 0 Å². The predicted octanol–water partition coefficient (Wildman–Crippen LogP) is 4.04. The summed E-state index contributed by atoms with van der Waals surface area (Å²) >= 11 is 7.65. The lowest BCUT2D eigenvalue weighted by atomic mass is 10.1. The van der Waals surface area contributed by atoms with Gasteiger partial charge in [0, 0.05) is 30.0 Å². The number of rotatable bonds is 4. The van der Waals surface area contributed by atoms with Crippen LogP contribution in [0.1, 0.15) is 29.6 Å². The number of hydrogen-bond acceptors (Lipinski definition) is 4. The maximum atomic E-state index is 14.0. The molecular weight excluding hydrogens is 309 g/mol. The van der Waals surface area contributed by atoms with Gasteiger partial charge in [0.25, 0.3) is 0 Å². The number of thioether (sulfide) groups is 1. The van der Waals surface area contributed by atoms with Crippen LogP contribution in [0.5, 0.6) is 0 Å². The first-order valence-electron chi connectivity index (χ1n) is 6.82. The van der Waals surface area contributed by atoms with Crippen molar-refractivity contribution in [2.45, 2.75) is 24.9 Å². The monoisotopic (exact) mass is 323 g/mol. The van der Waals surface area contributed by atoms with E-state index in [1.165, 1.54) is 5.56 Å². The summed E-state index contributed by atoms with van der Waals surface area (Å²) in [5.41, 5.74) is 2.76. The molecule has 0 amide bonds. The number of anilines is 1. The number of benzene rings is 1. The Morgan fingerprint density at radius 1 is 1.33 bits per heavy atom. The molecule has 3 nitrogen and oxygen atoms in total. The molecule has 0 atom stereocenters. The normalized spacial score (nSPS) is 13.3. The van der Waals surface area contributed by atoms with Crippen LogP contribution in [-0.2, 0) is 17.9 Å². The summed E-state index contributed by atoms with van der Waals surface area (Å²) < 4.78 is 14.0. The first-order chi connectivity index (χ1) is 10.2. The molecule has 1 aliphatic heterocycles. The van der Waals surface area contributed by atoms with Gasteiger partial charge in [-0.3, -0.25) is 0 Å². The molecule has 0 spiro atoms. The van der Waals surface area contributed by atoms with Crippen molar-refractivity contribution in [1.82, 2.24) is 9.97 Å². The van der Waals surface area contributed by atoms with Crippen molar-refractivity contribution < 1.29 is 4.39 Å². The predicted molar refractivity (Wildman–Crippen MR) is 85.4 cm³/mol. The minimum absolute atomic E-state index is 0.135. The molecule has 110 valence electrons. The van der Waals surface area contributed by atoms with Crippen LogP contribution in [0.15, 0.2) is 18.2 Å². The molecule has 1 aromatic heterocycles. The molecule has 6 heteroatoms. The molecule has 2 aromatic rings. The minimum Gasteiger partial charge on any atom is -0.370 e. The molecule has 0 radical (unpaired) electrons. The van der Waals surface area contributed by atoms with Gasteiger partial charge in [-0.1, -0.05) is 23.7 Å². The summed E-state index contributed by atoms with van der Waals surface area (Å²) in [6, 6.07) is 5.01. The fourth-order valence-corrected chi connectivity index (χ4v) is 3.59. The molecule has 0 saturated carbocycles. The zero-order valence-electron chi connectivity index (χ0n) is 11.6. The third kappa shape index (κ3) is 2.99. The molecular formula is C15H15ClFN3S. The van der Waals surface area contributed by atoms with Gasteiger partial charge in [0.05, 0.1) is 10.7 Å². The smallest absolute Gasteiger partial charge is 0.145 e. The fourth-order valence-electron chi connectivity index (χ4n) is 2.35. The Hall–Kier alpha value is -1.33. The summed E-state index contributed by atoms with van der Waals surface area (Å²) in [7, 11) is 0. The van der Waals surface area contributed by atoms with Crippen LogP contribution in [0.25, 0.3) is 0 Å². The minimum atomic E-state index is -0.386. The molecule has 0 aliphatic carbocycles. The Balaban J connectivity index is 1.96. The summed E-state index contributed by atoms with van der Waals surface area (Å²) in [5.74, 6) is 2.95. The first kappa shape index (κ1) is 14.6. The third-order valence-electron chi connectivity index (χ3n) is 3.35. The van der Waals surface area contributed by atoms with E-state index < -0.39 is 0 Å². The highest BCUT2D eigenvalue weighted by molar-refractivity contribution is 7.98. The number of fused-ring (bicyclic) bond motifs is 1. The Morgan fingerprint density at radius 2 is 2.19 bits per heavy atom. The highest BCUT2D eigenvalue weighted by Gasteiger charge is 2.20. The zero-order valence-corrected chi connectivity index (χ0v) is 13.2. The molecule has 21 heavy (non-hydrogen) atoms. The molecule has 0 unspecified atom stereocenters. The van der Waals surface area contributed by atoms with Gasteiger partial charge in [-0.2, -0.15) is 11.8 Å². The second kappa shape index (κ2) is 6.20. The van der Waals surface area contributed by atoms with Gasteiger partial charge in [0.2, 0.25) is 0 Å². The molecule has 0 bridgehead atoms. The van der Waals surface area contributed by atoms with Gasteiger partial charge in [-0.05, 0) is 18.6 Å². The topological polar surface area (TPSA) is 37.8 Å². The van der Waals surface area contributed by atoms with Crippen molar-refractivity contribution in [3.05, 3.63) is 51.7 Å². The quantitative estimate of drug-likeness (QED) is 0.921. The highest BCUT2D eigenvalue weighted by atomic mass is 35.5. The van der Waals surface area contributed by atoms with Crippen molar-refractivity contribution >= 4 is 29.2 Å². The van der Waals surface area contributed by atoms with E-state index in [2.05, 4.69) is 15.3 Å². The van der Waals surface area contributed by atoms with Crippen LogP contribution in [0, 0.1) is 5.82 Å². The molecule has 2 heterocycles. The number of aromatic nitrogens is 2. The van der Waals surface area contributed by atoms with Crippen LogP contribution in [0.4, 0.5) is 10.2 Å². The Morgan fingerprint density at radius 3 is 3.00 bits per heavy atom. The first-order valence-corrected chi connectivity index (χ1v) is 8.35. The van der Waals surface area contributed by atoms with Crippen molar-refractivity contribution in [3.63, 3.8) is 0 Å². The maximum absolute atomic E-state index is 14.0. The fraction of sp³-hybridized carbons (Fsp3) is 0.333. The summed E-state index contributed by atoms with van der Waals surface area (Å²) in [5, 5.41) is 3.41. The maximum Gasteiger partial charge on any atom is 0.145 e. The average molecular weight is 324 g/mol. The van der Waals surface area contributed by atoms with Crippen LogP contribution >= 0.6 is 23.4 Å². The lowest BCUT2D eigenvalue weighted by molar-refractivity contribution is 0.612. The van der Waals surface area contributed by atoms with Crippen LogP contribution in [0.3, 0.4) is 0 Å².